The van der Waals surface area contributed by atoms with Crippen molar-refractivity contribution in [3.8, 4) is 0 Å². The van der Waals surface area contributed by atoms with Crippen LogP contribution in [0.25, 0.3) is 0 Å². The van der Waals surface area contributed by atoms with Gasteiger partial charge in [-0.05, 0) is 101 Å². The molecule has 0 aromatic carbocycles. The Morgan fingerprint density at radius 1 is 0.828 bits per heavy atom. The largest absolute Gasteiger partial charge is 0.294 e. The molecular weight excluding hydrogens is 352 g/mol. The lowest BCUT2D eigenvalue weighted by atomic mass is 9.74. The molecule has 2 aliphatic heterocycles. The zero-order valence-corrected chi connectivity index (χ0v) is 21.5. The van der Waals surface area contributed by atoms with Gasteiger partial charge in [0.1, 0.15) is 0 Å². The molecule has 4 fully saturated rings. The molecule has 0 aromatic rings. The van der Waals surface area contributed by atoms with Crippen molar-refractivity contribution in [1.82, 2.24) is 9.80 Å². The van der Waals surface area contributed by atoms with Crippen molar-refractivity contribution in [2.45, 2.75) is 137 Å². The van der Waals surface area contributed by atoms with Crippen LogP contribution in [0.1, 0.15) is 108 Å². The van der Waals surface area contributed by atoms with E-state index in [2.05, 4.69) is 86.0 Å². The SMILES string of the molecule is CC(C)(C)C1CC2CC2N1C(C)(C)CC1CC12CCN(C(C)(C)C)C2C(C)(C)C. The van der Waals surface area contributed by atoms with E-state index in [0.717, 1.165) is 30.0 Å². The first-order chi connectivity index (χ1) is 13.0. The Bertz CT molecular complexity index is 643. The van der Waals surface area contributed by atoms with Crippen molar-refractivity contribution < 1.29 is 0 Å². The first-order valence-corrected chi connectivity index (χ1v) is 12.5. The molecule has 0 bridgehead atoms. The van der Waals surface area contributed by atoms with Gasteiger partial charge in [-0.2, -0.15) is 0 Å². The molecule has 2 heterocycles. The van der Waals surface area contributed by atoms with Gasteiger partial charge in [0, 0.05) is 29.2 Å². The molecule has 0 aromatic heterocycles. The van der Waals surface area contributed by atoms with Gasteiger partial charge in [-0.1, -0.05) is 41.5 Å². The summed E-state index contributed by atoms with van der Waals surface area (Å²) in [6.45, 7) is 28.6. The molecular formula is C27H50N2. The monoisotopic (exact) mass is 402 g/mol. The van der Waals surface area contributed by atoms with Crippen LogP contribution in [-0.2, 0) is 0 Å². The Balaban J connectivity index is 1.54. The fourth-order valence-electron chi connectivity index (χ4n) is 8.08. The summed E-state index contributed by atoms with van der Waals surface area (Å²) in [6, 6.07) is 2.38. The normalized spacial score (nSPS) is 41.3. The third-order valence-corrected chi connectivity index (χ3v) is 9.18. The Hall–Kier alpha value is -0.0800. The molecule has 0 N–H and O–H groups in total. The lowest BCUT2D eigenvalue weighted by Gasteiger charge is -2.48. The van der Waals surface area contributed by atoms with Gasteiger partial charge in [-0.15, -0.1) is 0 Å². The third-order valence-electron chi connectivity index (χ3n) is 9.18. The summed E-state index contributed by atoms with van der Waals surface area (Å²) in [5.41, 5.74) is 1.93. The molecule has 0 amide bonds. The summed E-state index contributed by atoms with van der Waals surface area (Å²) in [4.78, 5) is 5.87. The minimum Gasteiger partial charge on any atom is -0.294 e. The Labute approximate surface area is 182 Å². The third kappa shape index (κ3) is 3.63. The molecule has 29 heavy (non-hydrogen) atoms. The van der Waals surface area contributed by atoms with Crippen LogP contribution < -0.4 is 0 Å². The number of hydrogen-bond acceptors (Lipinski definition) is 2. The van der Waals surface area contributed by atoms with Crippen LogP contribution in [0.4, 0.5) is 0 Å². The lowest BCUT2D eigenvalue weighted by Crippen LogP contribution is -2.54. The van der Waals surface area contributed by atoms with Crippen molar-refractivity contribution in [1.29, 1.82) is 0 Å². The summed E-state index contributed by atoms with van der Waals surface area (Å²) in [6.07, 6.45) is 7.19. The topological polar surface area (TPSA) is 6.48 Å². The predicted molar refractivity (Wildman–Crippen MR) is 125 cm³/mol. The Morgan fingerprint density at radius 2 is 1.45 bits per heavy atom. The Kier molecular flexibility index (Phi) is 4.76. The van der Waals surface area contributed by atoms with Crippen LogP contribution in [0.15, 0.2) is 0 Å². The number of rotatable bonds is 3. The average Bonchev–Trinajstić information content (AvgIpc) is 3.27. The molecule has 4 aliphatic rings. The van der Waals surface area contributed by atoms with Crippen molar-refractivity contribution in [2.75, 3.05) is 6.54 Å². The van der Waals surface area contributed by atoms with E-state index in [1.807, 2.05) is 0 Å². The minimum atomic E-state index is 0.275. The number of nitrogens with zero attached hydrogens (tertiary/aromatic N) is 2. The highest BCUT2D eigenvalue weighted by Gasteiger charge is 2.68. The van der Waals surface area contributed by atoms with Gasteiger partial charge >= 0.3 is 0 Å². The lowest BCUT2D eigenvalue weighted by molar-refractivity contribution is 0.00625. The molecule has 0 radical (unpaired) electrons. The first kappa shape index (κ1) is 22.1. The molecule has 2 aliphatic carbocycles. The predicted octanol–water partition coefficient (Wildman–Crippen LogP) is 6.59. The molecule has 2 nitrogen and oxygen atoms in total. The molecule has 4 rings (SSSR count). The van der Waals surface area contributed by atoms with E-state index in [1.165, 1.54) is 38.6 Å². The zero-order chi connectivity index (χ0) is 21.8. The first-order valence-electron chi connectivity index (χ1n) is 12.5. The van der Waals surface area contributed by atoms with Gasteiger partial charge in [0.25, 0.3) is 0 Å². The quantitative estimate of drug-likeness (QED) is 0.525. The number of hydrogen-bond donors (Lipinski definition) is 0. The van der Waals surface area contributed by atoms with E-state index < -0.39 is 0 Å². The van der Waals surface area contributed by atoms with Crippen LogP contribution in [0.5, 0.6) is 0 Å². The molecule has 6 atom stereocenters. The minimum absolute atomic E-state index is 0.275. The molecule has 2 heteroatoms. The molecule has 2 saturated carbocycles. The van der Waals surface area contributed by atoms with E-state index in [1.54, 1.807) is 0 Å². The smallest absolute Gasteiger partial charge is 0.0209 e. The summed E-state index contributed by atoms with van der Waals surface area (Å²) < 4.78 is 0. The summed E-state index contributed by atoms with van der Waals surface area (Å²) in [7, 11) is 0. The van der Waals surface area contributed by atoms with E-state index in [4.69, 9.17) is 0 Å². The van der Waals surface area contributed by atoms with E-state index >= 15 is 0 Å². The average molecular weight is 403 g/mol. The van der Waals surface area contributed by atoms with Crippen molar-refractivity contribution >= 4 is 0 Å². The van der Waals surface area contributed by atoms with E-state index in [-0.39, 0.29) is 5.54 Å². The molecule has 1 spiro atoms. The highest BCUT2D eigenvalue weighted by molar-refractivity contribution is 5.20. The maximum Gasteiger partial charge on any atom is 0.0209 e. The van der Waals surface area contributed by atoms with Gasteiger partial charge < -0.3 is 0 Å². The van der Waals surface area contributed by atoms with E-state index in [0.29, 0.717) is 21.8 Å². The second kappa shape index (κ2) is 6.25. The maximum absolute atomic E-state index is 3.01. The standard InChI is InChI=1S/C27H50N2/c1-23(2,3)21-15-18-14-20(18)29(21)26(10,11)16-19-17-27(19)12-13-28(25(7,8)9)22(27)24(4,5)6/h18-22H,12-17H2,1-11H3. The number of fused-ring (bicyclic) bond motifs is 1. The molecule has 168 valence electrons. The van der Waals surface area contributed by atoms with Gasteiger partial charge in [0.15, 0.2) is 0 Å². The van der Waals surface area contributed by atoms with Crippen molar-refractivity contribution in [2.24, 2.45) is 28.1 Å². The van der Waals surface area contributed by atoms with Gasteiger partial charge in [-0.3, -0.25) is 9.80 Å². The Morgan fingerprint density at radius 3 is 1.97 bits per heavy atom. The number of piperidine rings is 1. The van der Waals surface area contributed by atoms with Gasteiger partial charge in [0.05, 0.1) is 0 Å². The molecule has 2 saturated heterocycles. The van der Waals surface area contributed by atoms with E-state index in [9.17, 15) is 0 Å². The maximum atomic E-state index is 3.01. The second-order valence-electron chi connectivity index (χ2n) is 15.1. The van der Waals surface area contributed by atoms with Crippen LogP contribution >= 0.6 is 0 Å². The highest BCUT2D eigenvalue weighted by atomic mass is 15.3. The van der Waals surface area contributed by atoms with Gasteiger partial charge in [0.2, 0.25) is 0 Å². The van der Waals surface area contributed by atoms with Crippen molar-refractivity contribution in [3.63, 3.8) is 0 Å². The van der Waals surface area contributed by atoms with Crippen LogP contribution in [0, 0.1) is 28.1 Å². The summed E-state index contributed by atoms with van der Waals surface area (Å²) >= 11 is 0. The van der Waals surface area contributed by atoms with Crippen molar-refractivity contribution in [3.05, 3.63) is 0 Å². The van der Waals surface area contributed by atoms with Gasteiger partial charge in [-0.25, -0.2) is 0 Å². The second-order valence-corrected chi connectivity index (χ2v) is 15.1. The zero-order valence-electron chi connectivity index (χ0n) is 21.5. The van der Waals surface area contributed by atoms with Crippen LogP contribution in [-0.4, -0.2) is 45.5 Å². The molecule has 6 unspecified atom stereocenters. The summed E-state index contributed by atoms with van der Waals surface area (Å²) in [5.74, 6) is 1.91. The highest BCUT2D eigenvalue weighted by Crippen LogP contribution is 2.69. The summed E-state index contributed by atoms with van der Waals surface area (Å²) in [5, 5.41) is 0. The van der Waals surface area contributed by atoms with Crippen LogP contribution in [0.3, 0.4) is 0 Å². The fraction of sp³-hybridized carbons (Fsp3) is 1.00. The number of likely N-dealkylation sites (tertiary alicyclic amines) is 2. The van der Waals surface area contributed by atoms with Crippen LogP contribution in [0.2, 0.25) is 0 Å². The fourth-order valence-corrected chi connectivity index (χ4v) is 8.08.